The summed E-state index contributed by atoms with van der Waals surface area (Å²) in [5.41, 5.74) is -1.98. The van der Waals surface area contributed by atoms with Gasteiger partial charge in [-0.15, -0.1) is 0 Å². The Morgan fingerprint density at radius 1 is 1.10 bits per heavy atom. The van der Waals surface area contributed by atoms with Crippen LogP contribution in [0.3, 0.4) is 0 Å². The third-order valence-electron chi connectivity index (χ3n) is 10.4. The van der Waals surface area contributed by atoms with Gasteiger partial charge in [0.15, 0.2) is 5.78 Å². The lowest BCUT2D eigenvalue weighted by Gasteiger charge is -2.59. The Hall–Kier alpha value is -3.20. The van der Waals surface area contributed by atoms with E-state index in [1.807, 2.05) is 33.8 Å². The van der Waals surface area contributed by atoms with E-state index in [1.165, 1.54) is 27.0 Å². The number of methoxy groups -OCH3 is 1. The van der Waals surface area contributed by atoms with Gasteiger partial charge in [0.2, 0.25) is 0 Å². The summed E-state index contributed by atoms with van der Waals surface area (Å²) in [7, 11) is 1.31. The Morgan fingerprint density at radius 2 is 1.77 bits per heavy atom. The number of furan rings is 1. The molecule has 9 heteroatoms. The largest absolute Gasteiger partial charge is 0.472 e. The van der Waals surface area contributed by atoms with E-state index in [0.717, 1.165) is 5.56 Å². The lowest BCUT2D eigenvalue weighted by atomic mass is 9.46. The molecule has 2 heterocycles. The van der Waals surface area contributed by atoms with Crippen LogP contribution in [0.2, 0.25) is 0 Å². The van der Waals surface area contributed by atoms with Crippen LogP contribution >= 0.6 is 0 Å². The zero-order chi connectivity index (χ0) is 29.4. The zero-order valence-electron chi connectivity index (χ0n) is 24.1. The summed E-state index contributed by atoms with van der Waals surface area (Å²) in [6, 6.07) is 1.89. The number of hydrogen-bond acceptors (Lipinski definition) is 9. The predicted molar refractivity (Wildman–Crippen MR) is 142 cm³/mol. The van der Waals surface area contributed by atoms with Crippen LogP contribution in [0.5, 0.6) is 0 Å². The summed E-state index contributed by atoms with van der Waals surface area (Å²) in [5, 5.41) is 0. The zero-order valence-corrected chi connectivity index (χ0v) is 24.1. The first-order chi connectivity index (χ1) is 18.7. The van der Waals surface area contributed by atoms with Gasteiger partial charge in [-0.3, -0.25) is 19.2 Å². The highest BCUT2D eigenvalue weighted by molar-refractivity contribution is 5.96. The standard InChI is InChI=1S/C31H38O9/c1-16-25(29(6)11-9-22(34)28(4,5)21(29)14-24(35)36-8)26(38-17(2)32)27(39-18(3)33)30(7)20(19-10-12-37-15-19)13-23-31(16,30)40-23/h9-12,15,20-21,23,25-27H,1,13-14H2,2-8H3/t20-,21+,23+,25+,26+,27-,29-,30+,31+/m0/s1. The van der Waals surface area contributed by atoms with E-state index in [4.69, 9.17) is 23.4 Å². The maximum Gasteiger partial charge on any atom is 0.305 e. The second-order valence-electron chi connectivity index (χ2n) is 12.7. The number of hydrogen-bond donors (Lipinski definition) is 0. The molecule has 0 bridgehead atoms. The van der Waals surface area contributed by atoms with Gasteiger partial charge in [-0.1, -0.05) is 40.3 Å². The molecule has 40 heavy (non-hydrogen) atoms. The van der Waals surface area contributed by atoms with E-state index in [2.05, 4.69) is 6.58 Å². The van der Waals surface area contributed by atoms with E-state index in [1.54, 1.807) is 18.6 Å². The molecule has 9 nitrogen and oxygen atoms in total. The van der Waals surface area contributed by atoms with Gasteiger partial charge in [0.1, 0.15) is 17.8 Å². The highest BCUT2D eigenvalue weighted by Gasteiger charge is 2.84. The van der Waals surface area contributed by atoms with Crippen molar-refractivity contribution in [1.82, 2.24) is 0 Å². The normalized spacial score (nSPS) is 41.1. The molecule has 1 aromatic rings. The van der Waals surface area contributed by atoms with Crippen molar-refractivity contribution >= 4 is 23.7 Å². The first-order valence-electron chi connectivity index (χ1n) is 13.7. The molecule has 0 radical (unpaired) electrons. The van der Waals surface area contributed by atoms with Gasteiger partial charge in [0, 0.05) is 36.5 Å². The summed E-state index contributed by atoms with van der Waals surface area (Å²) in [4.78, 5) is 51.2. The van der Waals surface area contributed by atoms with Crippen LogP contribution in [0.25, 0.3) is 0 Å². The Bertz CT molecular complexity index is 1290. The molecule has 3 aliphatic carbocycles. The van der Waals surface area contributed by atoms with Crippen LogP contribution in [0.4, 0.5) is 0 Å². The molecule has 1 saturated heterocycles. The molecule has 5 rings (SSSR count). The minimum atomic E-state index is -0.972. The summed E-state index contributed by atoms with van der Waals surface area (Å²) in [6.45, 7) is 14.8. The maximum absolute atomic E-state index is 13.1. The molecule has 0 aromatic carbocycles. The number of ketones is 1. The summed E-state index contributed by atoms with van der Waals surface area (Å²) in [5.74, 6) is -2.99. The first-order valence-corrected chi connectivity index (χ1v) is 13.7. The van der Waals surface area contributed by atoms with Crippen molar-refractivity contribution in [2.24, 2.45) is 28.1 Å². The number of ether oxygens (including phenoxy) is 4. The SMILES string of the molecule is C=C1[C@@H]([C@@]2(C)C=CC(=O)C(C)(C)[C@H]2CC(=O)OC)[C@@H](OC(C)=O)[C@H](OC(C)=O)[C@@]2(C)[C@H](c3ccoc3)C[C@H]3O[C@]132. The lowest BCUT2D eigenvalue weighted by Crippen LogP contribution is -2.66. The summed E-state index contributed by atoms with van der Waals surface area (Å²) >= 11 is 0. The maximum atomic E-state index is 13.1. The molecule has 1 aliphatic heterocycles. The number of carbonyl (C=O) groups is 4. The molecule has 216 valence electrons. The molecule has 4 aliphatic rings. The van der Waals surface area contributed by atoms with Gasteiger partial charge in [-0.25, -0.2) is 0 Å². The van der Waals surface area contributed by atoms with E-state index >= 15 is 0 Å². The van der Waals surface area contributed by atoms with Crippen molar-refractivity contribution in [2.45, 2.75) is 84.2 Å². The van der Waals surface area contributed by atoms with Crippen molar-refractivity contribution < 1.29 is 42.5 Å². The van der Waals surface area contributed by atoms with Crippen LogP contribution in [0, 0.1) is 28.1 Å². The van der Waals surface area contributed by atoms with Crippen molar-refractivity contribution in [2.75, 3.05) is 7.11 Å². The second kappa shape index (κ2) is 9.16. The molecule has 1 spiro atoms. The molecule has 2 saturated carbocycles. The van der Waals surface area contributed by atoms with Crippen molar-refractivity contribution in [1.29, 1.82) is 0 Å². The van der Waals surface area contributed by atoms with E-state index in [-0.39, 0.29) is 24.2 Å². The average molecular weight is 555 g/mol. The van der Waals surface area contributed by atoms with Gasteiger partial charge in [-0.05, 0) is 35.6 Å². The minimum Gasteiger partial charge on any atom is -0.472 e. The van der Waals surface area contributed by atoms with Crippen LogP contribution in [0.1, 0.15) is 65.9 Å². The van der Waals surface area contributed by atoms with Gasteiger partial charge in [-0.2, -0.15) is 0 Å². The van der Waals surface area contributed by atoms with E-state index < -0.39 is 63.8 Å². The molecule has 0 unspecified atom stereocenters. The number of epoxide rings is 1. The topological polar surface area (TPSA) is 122 Å². The molecule has 0 N–H and O–H groups in total. The minimum absolute atomic E-state index is 0.0446. The quantitative estimate of drug-likeness (QED) is 0.219. The Morgan fingerprint density at radius 3 is 2.35 bits per heavy atom. The molecule has 9 atom stereocenters. The van der Waals surface area contributed by atoms with E-state index in [9.17, 15) is 19.2 Å². The third kappa shape index (κ3) is 3.69. The number of carbonyl (C=O) groups excluding carboxylic acids is 4. The molecule has 1 aromatic heterocycles. The molecular weight excluding hydrogens is 516 g/mol. The van der Waals surface area contributed by atoms with Gasteiger partial charge >= 0.3 is 17.9 Å². The smallest absolute Gasteiger partial charge is 0.305 e. The fourth-order valence-corrected chi connectivity index (χ4v) is 8.53. The van der Waals surface area contributed by atoms with Crippen LogP contribution in [-0.2, 0) is 38.1 Å². The Kier molecular flexibility index (Phi) is 6.49. The van der Waals surface area contributed by atoms with Crippen molar-refractivity contribution in [3.63, 3.8) is 0 Å². The fourth-order valence-electron chi connectivity index (χ4n) is 8.53. The second-order valence-corrected chi connectivity index (χ2v) is 12.7. The van der Waals surface area contributed by atoms with E-state index in [0.29, 0.717) is 12.0 Å². The van der Waals surface area contributed by atoms with Crippen molar-refractivity contribution in [3.05, 3.63) is 48.5 Å². The van der Waals surface area contributed by atoms with Crippen LogP contribution in [0.15, 0.2) is 47.3 Å². The Balaban J connectivity index is 1.73. The highest BCUT2D eigenvalue weighted by atomic mass is 16.6. The first kappa shape index (κ1) is 28.3. The number of allylic oxidation sites excluding steroid dienone is 2. The predicted octanol–water partition coefficient (Wildman–Crippen LogP) is 4.31. The van der Waals surface area contributed by atoms with Crippen molar-refractivity contribution in [3.8, 4) is 0 Å². The monoisotopic (exact) mass is 554 g/mol. The summed E-state index contributed by atoms with van der Waals surface area (Å²) in [6.07, 6.45) is 5.12. The Labute approximate surface area is 234 Å². The van der Waals surface area contributed by atoms with Crippen LogP contribution < -0.4 is 0 Å². The fraction of sp³-hybridized carbons (Fsp3) is 0.613. The highest BCUT2D eigenvalue weighted by Crippen LogP contribution is 2.76. The number of rotatable bonds is 6. The number of esters is 3. The van der Waals surface area contributed by atoms with Gasteiger partial charge in [0.05, 0.1) is 37.6 Å². The average Bonchev–Trinajstić information content (AvgIpc) is 3.22. The van der Waals surface area contributed by atoms with Gasteiger partial charge < -0.3 is 23.4 Å². The molecular formula is C31H38O9. The van der Waals surface area contributed by atoms with Crippen LogP contribution in [-0.4, -0.2) is 54.7 Å². The third-order valence-corrected chi connectivity index (χ3v) is 10.4. The molecule has 0 amide bonds. The molecule has 3 fully saturated rings. The lowest BCUT2D eigenvalue weighted by molar-refractivity contribution is -0.206. The summed E-state index contributed by atoms with van der Waals surface area (Å²) < 4.78 is 29.2. The van der Waals surface area contributed by atoms with Gasteiger partial charge in [0.25, 0.3) is 0 Å².